The van der Waals surface area contributed by atoms with Crippen molar-refractivity contribution in [1.29, 1.82) is 0 Å². The minimum Gasteiger partial charge on any atom is -0.395 e. The van der Waals surface area contributed by atoms with Crippen LogP contribution >= 0.6 is 0 Å². The number of aliphatic hydroxyl groups is 2. The van der Waals surface area contributed by atoms with E-state index in [1.54, 1.807) is 0 Å². The molecule has 166 valence electrons. The first-order valence-electron chi connectivity index (χ1n) is 11.4. The number of hydrogen-bond acceptors (Lipinski definition) is 5. The summed E-state index contributed by atoms with van der Waals surface area (Å²) in [4.78, 5) is 10.2. The Morgan fingerprint density at radius 2 is 1.38 bits per heavy atom. The number of unbranched alkanes of at least 4 members (excludes halogenated alkanes) is 11. The van der Waals surface area contributed by atoms with E-state index in [0.717, 1.165) is 19.4 Å². The van der Waals surface area contributed by atoms with E-state index in [-0.39, 0.29) is 12.3 Å². The Kier molecular flexibility index (Phi) is 14.4. The van der Waals surface area contributed by atoms with Crippen molar-refractivity contribution in [1.82, 2.24) is 5.32 Å². The molecule has 0 heterocycles. The Morgan fingerprint density at radius 3 is 1.83 bits per heavy atom. The number of aliphatic hydroxyl groups excluding tert-OH is 2. The monoisotopic (exact) mass is 408 g/mol. The van der Waals surface area contributed by atoms with E-state index in [1.807, 2.05) is 0 Å². The fraction of sp³-hybridized carbons (Fsp3) is 0.739. The Labute approximate surface area is 175 Å². The number of rotatable bonds is 18. The van der Waals surface area contributed by atoms with Crippen molar-refractivity contribution in [3.63, 3.8) is 0 Å². The first-order valence-corrected chi connectivity index (χ1v) is 11.4. The molecule has 0 aliphatic carbocycles. The van der Waals surface area contributed by atoms with Crippen LogP contribution in [-0.2, 0) is 0 Å². The number of benzene rings is 1. The van der Waals surface area contributed by atoms with Crippen LogP contribution in [0.3, 0.4) is 0 Å². The molecule has 0 spiro atoms. The van der Waals surface area contributed by atoms with Crippen LogP contribution in [0.4, 0.5) is 5.69 Å². The summed E-state index contributed by atoms with van der Waals surface area (Å²) in [6.07, 6.45) is 14.6. The predicted octanol–water partition coefficient (Wildman–Crippen LogP) is 5.28. The molecule has 1 aromatic rings. The second-order valence-electron chi connectivity index (χ2n) is 7.93. The number of hydrogen-bond donors (Lipinski definition) is 3. The quantitative estimate of drug-likeness (QED) is 0.174. The Hall–Kier alpha value is -1.50. The molecular weight excluding hydrogens is 368 g/mol. The standard InChI is InChI=1S/C23H40N2O4/c1-2-3-4-5-6-7-8-9-10-11-12-13-18-24-22(19-26)23(27)20-14-16-21(17-15-20)25(28)29/h14-17,22-24,26-27H,2-13,18-19H2,1H3/t22-,23-/m1/s1. The molecule has 3 N–H and O–H groups in total. The topological polar surface area (TPSA) is 95.6 Å². The van der Waals surface area contributed by atoms with Crippen LogP contribution in [0.1, 0.15) is 95.6 Å². The molecule has 0 aliphatic heterocycles. The van der Waals surface area contributed by atoms with Gasteiger partial charge in [-0.3, -0.25) is 10.1 Å². The van der Waals surface area contributed by atoms with E-state index in [1.165, 1.54) is 88.5 Å². The van der Waals surface area contributed by atoms with Gasteiger partial charge in [0.15, 0.2) is 0 Å². The lowest BCUT2D eigenvalue weighted by Gasteiger charge is -2.22. The lowest BCUT2D eigenvalue weighted by Crippen LogP contribution is -2.38. The van der Waals surface area contributed by atoms with E-state index < -0.39 is 17.1 Å². The van der Waals surface area contributed by atoms with Gasteiger partial charge in [0.1, 0.15) is 0 Å². The Morgan fingerprint density at radius 1 is 0.897 bits per heavy atom. The zero-order valence-corrected chi connectivity index (χ0v) is 18.0. The third-order valence-electron chi connectivity index (χ3n) is 5.46. The molecule has 1 aromatic carbocycles. The second kappa shape index (κ2) is 16.3. The molecule has 0 radical (unpaired) electrons. The van der Waals surface area contributed by atoms with Crippen molar-refractivity contribution >= 4 is 5.69 Å². The van der Waals surface area contributed by atoms with Gasteiger partial charge in [-0.2, -0.15) is 0 Å². The van der Waals surface area contributed by atoms with Crippen LogP contribution < -0.4 is 5.32 Å². The van der Waals surface area contributed by atoms with E-state index >= 15 is 0 Å². The van der Waals surface area contributed by atoms with Gasteiger partial charge in [-0.15, -0.1) is 0 Å². The predicted molar refractivity (Wildman–Crippen MR) is 118 cm³/mol. The summed E-state index contributed by atoms with van der Waals surface area (Å²) in [5.74, 6) is 0. The zero-order chi connectivity index (χ0) is 21.3. The molecule has 6 heteroatoms. The maximum atomic E-state index is 10.7. The number of nitrogens with zero attached hydrogens (tertiary/aromatic N) is 1. The molecule has 0 unspecified atom stereocenters. The average Bonchev–Trinajstić information content (AvgIpc) is 2.73. The van der Waals surface area contributed by atoms with E-state index in [2.05, 4.69) is 12.2 Å². The summed E-state index contributed by atoms with van der Waals surface area (Å²) in [6, 6.07) is 5.36. The summed E-state index contributed by atoms with van der Waals surface area (Å²) in [6.45, 7) is 2.81. The third-order valence-corrected chi connectivity index (χ3v) is 5.46. The molecule has 0 aromatic heterocycles. The molecule has 0 saturated carbocycles. The number of nitrogens with one attached hydrogen (secondary N) is 1. The van der Waals surface area contributed by atoms with Crippen molar-refractivity contribution < 1.29 is 15.1 Å². The van der Waals surface area contributed by atoms with Crippen molar-refractivity contribution in [3.05, 3.63) is 39.9 Å². The SMILES string of the molecule is CCCCCCCCCCCCCCN[C@H](CO)[C@H](O)c1ccc([N+](=O)[O-])cc1. The number of non-ortho nitro benzene ring substituents is 1. The summed E-state index contributed by atoms with van der Waals surface area (Å²) in [5.41, 5.74) is 0.558. The number of nitro groups is 1. The van der Waals surface area contributed by atoms with E-state index in [9.17, 15) is 20.3 Å². The van der Waals surface area contributed by atoms with Crippen LogP contribution in [-0.4, -0.2) is 34.3 Å². The van der Waals surface area contributed by atoms with Gasteiger partial charge in [-0.25, -0.2) is 0 Å². The Balaban J connectivity index is 2.09. The highest BCUT2D eigenvalue weighted by Crippen LogP contribution is 2.20. The lowest BCUT2D eigenvalue weighted by atomic mass is 10.0. The van der Waals surface area contributed by atoms with Crippen LogP contribution in [0.2, 0.25) is 0 Å². The van der Waals surface area contributed by atoms with E-state index in [0.29, 0.717) is 5.56 Å². The van der Waals surface area contributed by atoms with E-state index in [4.69, 9.17) is 0 Å². The largest absolute Gasteiger partial charge is 0.395 e. The highest BCUT2D eigenvalue weighted by molar-refractivity contribution is 5.34. The van der Waals surface area contributed by atoms with Gasteiger partial charge >= 0.3 is 0 Å². The van der Waals surface area contributed by atoms with Gasteiger partial charge in [-0.05, 0) is 30.7 Å². The zero-order valence-electron chi connectivity index (χ0n) is 18.0. The minimum absolute atomic E-state index is 0.00838. The fourth-order valence-corrected chi connectivity index (χ4v) is 3.55. The molecule has 1 rings (SSSR count). The van der Waals surface area contributed by atoms with Gasteiger partial charge in [0.25, 0.3) is 5.69 Å². The fourth-order valence-electron chi connectivity index (χ4n) is 3.55. The smallest absolute Gasteiger partial charge is 0.269 e. The van der Waals surface area contributed by atoms with Crippen molar-refractivity contribution in [2.24, 2.45) is 0 Å². The summed E-state index contributed by atoms with van der Waals surface area (Å²) in [7, 11) is 0. The Bertz CT molecular complexity index is 536. The highest BCUT2D eigenvalue weighted by atomic mass is 16.6. The van der Waals surface area contributed by atoms with Crippen molar-refractivity contribution in [2.45, 2.75) is 96.1 Å². The molecule has 0 aliphatic rings. The van der Waals surface area contributed by atoms with Crippen LogP contribution in [0.5, 0.6) is 0 Å². The maximum Gasteiger partial charge on any atom is 0.269 e. The molecule has 0 bridgehead atoms. The second-order valence-corrected chi connectivity index (χ2v) is 7.93. The summed E-state index contributed by atoms with van der Waals surface area (Å²) in [5, 5.41) is 33.9. The normalized spacial score (nSPS) is 13.3. The third kappa shape index (κ3) is 11.3. The van der Waals surface area contributed by atoms with Crippen LogP contribution in [0.15, 0.2) is 24.3 Å². The maximum absolute atomic E-state index is 10.7. The molecule has 0 amide bonds. The van der Waals surface area contributed by atoms with Crippen molar-refractivity contribution in [2.75, 3.05) is 13.2 Å². The molecule has 0 saturated heterocycles. The molecule has 6 nitrogen and oxygen atoms in total. The first-order chi connectivity index (χ1) is 14.1. The van der Waals surface area contributed by atoms with Crippen LogP contribution in [0.25, 0.3) is 0 Å². The van der Waals surface area contributed by atoms with Crippen LogP contribution in [0, 0.1) is 10.1 Å². The average molecular weight is 409 g/mol. The first kappa shape index (κ1) is 25.5. The lowest BCUT2D eigenvalue weighted by molar-refractivity contribution is -0.384. The van der Waals surface area contributed by atoms with Gasteiger partial charge in [-0.1, -0.05) is 77.6 Å². The summed E-state index contributed by atoms with van der Waals surface area (Å²) < 4.78 is 0. The van der Waals surface area contributed by atoms with Gasteiger partial charge < -0.3 is 15.5 Å². The van der Waals surface area contributed by atoms with Gasteiger partial charge in [0, 0.05) is 12.1 Å². The van der Waals surface area contributed by atoms with Crippen molar-refractivity contribution in [3.8, 4) is 0 Å². The molecule has 0 fully saturated rings. The molecular formula is C23H40N2O4. The molecule has 29 heavy (non-hydrogen) atoms. The van der Waals surface area contributed by atoms with Gasteiger partial charge in [0.05, 0.1) is 23.7 Å². The highest BCUT2D eigenvalue weighted by Gasteiger charge is 2.20. The minimum atomic E-state index is -0.891. The van der Waals surface area contributed by atoms with Gasteiger partial charge in [0.2, 0.25) is 0 Å². The summed E-state index contributed by atoms with van der Waals surface area (Å²) >= 11 is 0. The number of nitro benzene ring substituents is 1. The molecule has 2 atom stereocenters.